The number of rotatable bonds is 5. The van der Waals surface area contributed by atoms with Crippen LogP contribution in [0.5, 0.6) is 0 Å². The largest absolute Gasteiger partial charge is 0.388 e. The molecular formula is C21H26FN3O3. The number of oxime groups is 1. The highest BCUT2D eigenvalue weighted by Gasteiger charge is 2.44. The van der Waals surface area contributed by atoms with Gasteiger partial charge in [-0.3, -0.25) is 9.59 Å². The highest BCUT2D eigenvalue weighted by atomic mass is 19.1. The Kier molecular flexibility index (Phi) is 5.33. The maximum absolute atomic E-state index is 13.7. The zero-order valence-corrected chi connectivity index (χ0v) is 16.0. The summed E-state index contributed by atoms with van der Waals surface area (Å²) in [4.78, 5) is 32.2. The first-order valence-corrected chi connectivity index (χ1v) is 10.1. The Hall–Kier alpha value is -2.44. The Balaban J connectivity index is 1.24. The van der Waals surface area contributed by atoms with Crippen molar-refractivity contribution in [1.29, 1.82) is 0 Å². The predicted molar refractivity (Wildman–Crippen MR) is 102 cm³/mol. The van der Waals surface area contributed by atoms with Crippen molar-refractivity contribution in [2.45, 2.75) is 63.0 Å². The molecule has 2 heterocycles. The number of hydrogen-bond acceptors (Lipinski definition) is 4. The number of nitrogens with one attached hydrogen (secondary N) is 1. The molecule has 0 atom stereocenters. The number of carbonyl (C=O) groups excluding carboxylic acids is 2. The molecule has 1 aromatic rings. The predicted octanol–water partition coefficient (Wildman–Crippen LogP) is 2.56. The summed E-state index contributed by atoms with van der Waals surface area (Å²) in [6.07, 6.45) is 5.74. The molecule has 2 fully saturated rings. The number of halogens is 1. The Labute approximate surface area is 164 Å². The normalized spacial score (nSPS) is 21.0. The SMILES string of the molecule is O=C(NC1CCC1)C1=NOC2(CCN(C(=O)CCc3ccccc3F)CC2)C1. The van der Waals surface area contributed by atoms with Crippen LogP contribution < -0.4 is 5.32 Å². The minimum absolute atomic E-state index is 0.0277. The number of benzene rings is 1. The molecule has 150 valence electrons. The number of piperidine rings is 1. The molecule has 6 nitrogen and oxygen atoms in total. The van der Waals surface area contributed by atoms with Crippen molar-refractivity contribution in [1.82, 2.24) is 10.2 Å². The second-order valence-corrected chi connectivity index (χ2v) is 8.06. The average molecular weight is 387 g/mol. The molecular weight excluding hydrogens is 361 g/mol. The first kappa shape index (κ1) is 18.9. The summed E-state index contributed by atoms with van der Waals surface area (Å²) in [7, 11) is 0. The quantitative estimate of drug-likeness (QED) is 0.844. The van der Waals surface area contributed by atoms with Crippen LogP contribution in [0.3, 0.4) is 0 Å². The van der Waals surface area contributed by atoms with Gasteiger partial charge in [-0.1, -0.05) is 23.4 Å². The highest BCUT2D eigenvalue weighted by Crippen LogP contribution is 2.35. The van der Waals surface area contributed by atoms with E-state index in [2.05, 4.69) is 10.5 Å². The van der Waals surface area contributed by atoms with Crippen LogP contribution >= 0.6 is 0 Å². The molecule has 0 aromatic heterocycles. The van der Waals surface area contributed by atoms with Gasteiger partial charge in [-0.25, -0.2) is 4.39 Å². The third-order valence-corrected chi connectivity index (χ3v) is 6.14. The van der Waals surface area contributed by atoms with E-state index in [1.165, 1.54) is 12.5 Å². The summed E-state index contributed by atoms with van der Waals surface area (Å²) in [5.74, 6) is -0.359. The Morgan fingerprint density at radius 1 is 1.25 bits per heavy atom. The van der Waals surface area contributed by atoms with Gasteiger partial charge in [0.15, 0.2) is 0 Å². The van der Waals surface area contributed by atoms with Crippen LogP contribution in [-0.4, -0.2) is 47.2 Å². The molecule has 1 aromatic carbocycles. The van der Waals surface area contributed by atoms with Gasteiger partial charge < -0.3 is 15.1 Å². The molecule has 1 saturated heterocycles. The van der Waals surface area contributed by atoms with Crippen LogP contribution in [0.15, 0.2) is 29.4 Å². The molecule has 1 N–H and O–H groups in total. The van der Waals surface area contributed by atoms with Crippen molar-refractivity contribution in [2.75, 3.05) is 13.1 Å². The van der Waals surface area contributed by atoms with Crippen LogP contribution in [0.4, 0.5) is 4.39 Å². The van der Waals surface area contributed by atoms with Crippen molar-refractivity contribution in [3.63, 3.8) is 0 Å². The highest BCUT2D eigenvalue weighted by molar-refractivity contribution is 6.39. The molecule has 7 heteroatoms. The minimum Gasteiger partial charge on any atom is -0.388 e. The van der Waals surface area contributed by atoms with Gasteiger partial charge in [-0.2, -0.15) is 0 Å². The van der Waals surface area contributed by atoms with Gasteiger partial charge in [0, 0.05) is 44.8 Å². The lowest BCUT2D eigenvalue weighted by molar-refractivity contribution is -0.136. The van der Waals surface area contributed by atoms with E-state index in [1.807, 2.05) is 4.90 Å². The first-order valence-electron chi connectivity index (χ1n) is 10.1. The lowest BCUT2D eigenvalue weighted by Crippen LogP contribution is -2.48. The summed E-state index contributed by atoms with van der Waals surface area (Å²) < 4.78 is 13.7. The van der Waals surface area contributed by atoms with E-state index in [0.29, 0.717) is 56.5 Å². The molecule has 3 aliphatic rings. The van der Waals surface area contributed by atoms with E-state index in [0.717, 1.165) is 12.8 Å². The van der Waals surface area contributed by atoms with E-state index < -0.39 is 5.60 Å². The molecule has 1 aliphatic carbocycles. The molecule has 0 radical (unpaired) electrons. The van der Waals surface area contributed by atoms with Gasteiger partial charge in [0.1, 0.15) is 17.1 Å². The molecule has 0 bridgehead atoms. The van der Waals surface area contributed by atoms with Crippen molar-refractivity contribution < 1.29 is 18.8 Å². The number of aryl methyl sites for hydroxylation is 1. The lowest BCUT2D eigenvalue weighted by Gasteiger charge is -2.37. The lowest BCUT2D eigenvalue weighted by atomic mass is 9.86. The molecule has 4 rings (SSSR count). The zero-order valence-electron chi connectivity index (χ0n) is 16.0. The van der Waals surface area contributed by atoms with Crippen LogP contribution in [0.25, 0.3) is 0 Å². The number of nitrogens with zero attached hydrogens (tertiary/aromatic N) is 2. The van der Waals surface area contributed by atoms with Gasteiger partial charge in [0.2, 0.25) is 5.91 Å². The maximum atomic E-state index is 13.7. The average Bonchev–Trinajstić information content (AvgIpc) is 3.08. The van der Waals surface area contributed by atoms with Gasteiger partial charge in [0.25, 0.3) is 5.91 Å². The Morgan fingerprint density at radius 3 is 2.68 bits per heavy atom. The van der Waals surface area contributed by atoms with Crippen molar-refractivity contribution >= 4 is 17.5 Å². The molecule has 0 unspecified atom stereocenters. The fourth-order valence-corrected chi connectivity index (χ4v) is 4.00. The summed E-state index contributed by atoms with van der Waals surface area (Å²) >= 11 is 0. The van der Waals surface area contributed by atoms with Gasteiger partial charge in [0.05, 0.1) is 0 Å². The second kappa shape index (κ2) is 7.89. The Bertz CT molecular complexity index is 783. The molecule has 1 spiro atoms. The number of carbonyl (C=O) groups is 2. The standard InChI is InChI=1S/C21H26FN3O3/c22-17-7-2-1-4-15(17)8-9-19(26)25-12-10-21(11-13-25)14-18(24-28-21)20(27)23-16-5-3-6-16/h1-2,4,7,16H,3,5-6,8-14H2,(H,23,27). The maximum Gasteiger partial charge on any atom is 0.269 e. The van der Waals surface area contributed by atoms with Crippen LogP contribution in [-0.2, 0) is 20.8 Å². The molecule has 28 heavy (non-hydrogen) atoms. The van der Waals surface area contributed by atoms with Crippen LogP contribution in [0.1, 0.15) is 50.5 Å². The van der Waals surface area contributed by atoms with E-state index in [1.54, 1.807) is 18.2 Å². The van der Waals surface area contributed by atoms with E-state index in [9.17, 15) is 14.0 Å². The van der Waals surface area contributed by atoms with Crippen LogP contribution in [0, 0.1) is 5.82 Å². The zero-order chi connectivity index (χ0) is 19.6. The summed E-state index contributed by atoms with van der Waals surface area (Å²) in [5.41, 5.74) is 0.569. The smallest absolute Gasteiger partial charge is 0.269 e. The molecule has 1 saturated carbocycles. The monoisotopic (exact) mass is 387 g/mol. The third-order valence-electron chi connectivity index (χ3n) is 6.14. The van der Waals surface area contributed by atoms with Gasteiger partial charge in [-0.05, 0) is 37.3 Å². The summed E-state index contributed by atoms with van der Waals surface area (Å²) in [6, 6.07) is 6.84. The van der Waals surface area contributed by atoms with E-state index in [4.69, 9.17) is 4.84 Å². The third kappa shape index (κ3) is 4.03. The van der Waals surface area contributed by atoms with Crippen molar-refractivity contribution in [3.05, 3.63) is 35.6 Å². The summed E-state index contributed by atoms with van der Waals surface area (Å²) in [5, 5.41) is 7.04. The van der Waals surface area contributed by atoms with E-state index >= 15 is 0 Å². The second-order valence-electron chi connectivity index (χ2n) is 8.06. The van der Waals surface area contributed by atoms with Crippen LogP contribution in [0.2, 0.25) is 0 Å². The first-order chi connectivity index (χ1) is 13.5. The van der Waals surface area contributed by atoms with Crippen molar-refractivity contribution in [2.24, 2.45) is 5.16 Å². The Morgan fingerprint density at radius 2 is 2.00 bits per heavy atom. The summed E-state index contributed by atoms with van der Waals surface area (Å²) in [6.45, 7) is 1.15. The minimum atomic E-state index is -0.464. The number of amides is 2. The fraction of sp³-hybridized carbons (Fsp3) is 0.571. The molecule has 2 amide bonds. The van der Waals surface area contributed by atoms with Gasteiger partial charge in [-0.15, -0.1) is 0 Å². The van der Waals surface area contributed by atoms with Crippen molar-refractivity contribution in [3.8, 4) is 0 Å². The number of likely N-dealkylation sites (tertiary alicyclic amines) is 1. The van der Waals surface area contributed by atoms with Gasteiger partial charge >= 0.3 is 0 Å². The topological polar surface area (TPSA) is 71.0 Å². The van der Waals surface area contributed by atoms with E-state index in [-0.39, 0.29) is 23.7 Å². The fourth-order valence-electron chi connectivity index (χ4n) is 4.00. The number of hydrogen-bond donors (Lipinski definition) is 1. The molecule has 2 aliphatic heterocycles.